The van der Waals surface area contributed by atoms with E-state index >= 15 is 0 Å². The number of amides is 2. The van der Waals surface area contributed by atoms with Crippen molar-refractivity contribution in [1.82, 2.24) is 14.9 Å². The van der Waals surface area contributed by atoms with E-state index in [0.29, 0.717) is 0 Å². The Morgan fingerprint density at radius 1 is 1.28 bits per heavy atom. The van der Waals surface area contributed by atoms with Crippen LogP contribution in [-0.2, 0) is 0 Å². The number of aryl methyl sites for hydroxylation is 1. The first-order valence-electron chi connectivity index (χ1n) is 8.56. The summed E-state index contributed by atoms with van der Waals surface area (Å²) in [6.45, 7) is 2.75. The molecule has 0 radical (unpaired) electrons. The van der Waals surface area contributed by atoms with Gasteiger partial charge in [0.05, 0.1) is 27.0 Å². The van der Waals surface area contributed by atoms with Crippen LogP contribution in [0.25, 0.3) is 10.2 Å². The van der Waals surface area contributed by atoms with E-state index in [2.05, 4.69) is 15.3 Å². The van der Waals surface area contributed by atoms with E-state index in [-0.39, 0.29) is 12.1 Å². The smallest absolute Gasteiger partial charge is 0.316 e. The molecule has 1 N–H and O–H groups in total. The molecule has 0 saturated carbocycles. The predicted molar refractivity (Wildman–Crippen MR) is 101 cm³/mol. The monoisotopic (exact) mass is 352 g/mol. The van der Waals surface area contributed by atoms with Crippen molar-refractivity contribution in [1.29, 1.82) is 0 Å². The fourth-order valence-electron chi connectivity index (χ4n) is 3.37. The lowest BCUT2D eigenvalue weighted by atomic mass is 9.99. The maximum atomic E-state index is 12.9. The zero-order valence-corrected chi connectivity index (χ0v) is 14.9. The summed E-state index contributed by atoms with van der Waals surface area (Å²) in [4.78, 5) is 23.7. The van der Waals surface area contributed by atoms with Crippen LogP contribution >= 0.6 is 11.3 Å². The van der Waals surface area contributed by atoms with Crippen LogP contribution in [0.2, 0.25) is 0 Å². The highest BCUT2D eigenvalue weighted by Crippen LogP contribution is 2.31. The lowest BCUT2D eigenvalue weighted by Crippen LogP contribution is -2.41. The first-order chi connectivity index (χ1) is 12.2. The van der Waals surface area contributed by atoms with Gasteiger partial charge >= 0.3 is 6.03 Å². The number of hydrogen-bond acceptors (Lipinski definition) is 4. The summed E-state index contributed by atoms with van der Waals surface area (Å²) >= 11 is 1.64. The van der Waals surface area contributed by atoms with Crippen LogP contribution in [0.15, 0.2) is 42.6 Å². The average Bonchev–Trinajstić information content (AvgIpc) is 3.02. The number of nitrogens with zero attached hydrogens (tertiary/aromatic N) is 3. The third-order valence-corrected chi connectivity index (χ3v) is 5.47. The molecular weight excluding hydrogens is 332 g/mol. The first kappa shape index (κ1) is 16.0. The number of urea groups is 1. The van der Waals surface area contributed by atoms with Gasteiger partial charge in [-0.2, -0.15) is 0 Å². The summed E-state index contributed by atoms with van der Waals surface area (Å²) in [5.74, 6) is 0. The zero-order valence-electron chi connectivity index (χ0n) is 14.1. The van der Waals surface area contributed by atoms with E-state index in [1.165, 1.54) is 0 Å². The molecule has 0 unspecified atom stereocenters. The number of rotatable bonds is 2. The highest BCUT2D eigenvalue weighted by atomic mass is 32.1. The Morgan fingerprint density at radius 3 is 3.04 bits per heavy atom. The van der Waals surface area contributed by atoms with Crippen molar-refractivity contribution >= 4 is 33.3 Å². The Kier molecular flexibility index (Phi) is 4.36. The number of anilines is 1. The van der Waals surface area contributed by atoms with Crippen molar-refractivity contribution in [2.45, 2.75) is 32.2 Å². The number of carbonyl (C=O) groups is 1. The molecule has 0 spiro atoms. The van der Waals surface area contributed by atoms with E-state index in [1.807, 2.05) is 48.2 Å². The molecule has 3 aromatic rings. The van der Waals surface area contributed by atoms with Gasteiger partial charge in [-0.3, -0.25) is 4.98 Å². The fourth-order valence-corrected chi connectivity index (χ4v) is 4.23. The maximum absolute atomic E-state index is 12.9. The number of piperidine rings is 1. The van der Waals surface area contributed by atoms with Crippen LogP contribution in [0.5, 0.6) is 0 Å². The van der Waals surface area contributed by atoms with Crippen LogP contribution in [0.3, 0.4) is 0 Å². The van der Waals surface area contributed by atoms with E-state index in [1.54, 1.807) is 17.5 Å². The van der Waals surface area contributed by atoms with Crippen molar-refractivity contribution in [3.63, 3.8) is 0 Å². The lowest BCUT2D eigenvalue weighted by molar-refractivity contribution is 0.161. The molecule has 1 fully saturated rings. The molecule has 1 atom stereocenters. The Morgan fingerprint density at radius 2 is 2.20 bits per heavy atom. The van der Waals surface area contributed by atoms with Crippen molar-refractivity contribution in [2.24, 2.45) is 0 Å². The first-order valence-corrected chi connectivity index (χ1v) is 9.38. The fraction of sp³-hybridized carbons (Fsp3) is 0.316. The lowest BCUT2D eigenvalue weighted by Gasteiger charge is -2.35. The molecule has 0 aliphatic carbocycles. The molecule has 1 aliphatic heterocycles. The number of nitrogens with one attached hydrogen (secondary N) is 1. The van der Waals surface area contributed by atoms with Crippen LogP contribution in [0.4, 0.5) is 10.5 Å². The second kappa shape index (κ2) is 6.80. The molecule has 3 heterocycles. The number of fused-ring (bicyclic) bond motifs is 1. The summed E-state index contributed by atoms with van der Waals surface area (Å²) in [5.41, 5.74) is 2.75. The Labute approximate surface area is 150 Å². The van der Waals surface area contributed by atoms with Crippen molar-refractivity contribution in [3.05, 3.63) is 53.3 Å². The zero-order chi connectivity index (χ0) is 17.2. The van der Waals surface area contributed by atoms with Crippen molar-refractivity contribution in [3.8, 4) is 0 Å². The molecule has 5 nitrogen and oxygen atoms in total. The van der Waals surface area contributed by atoms with Gasteiger partial charge in [-0.15, -0.1) is 11.3 Å². The molecule has 2 amide bonds. The third-order valence-electron chi connectivity index (χ3n) is 4.54. The molecule has 0 bridgehead atoms. The highest BCUT2D eigenvalue weighted by molar-refractivity contribution is 7.18. The van der Waals surface area contributed by atoms with Gasteiger partial charge in [0.15, 0.2) is 0 Å². The summed E-state index contributed by atoms with van der Waals surface area (Å²) in [6, 6.07) is 11.7. The van der Waals surface area contributed by atoms with Gasteiger partial charge in [0.25, 0.3) is 0 Å². The van der Waals surface area contributed by atoms with Crippen LogP contribution in [0.1, 0.15) is 36.0 Å². The second-order valence-electron chi connectivity index (χ2n) is 6.31. The van der Waals surface area contributed by atoms with E-state index in [0.717, 1.165) is 52.4 Å². The van der Waals surface area contributed by atoms with Crippen LogP contribution < -0.4 is 5.32 Å². The van der Waals surface area contributed by atoms with Gasteiger partial charge in [0.2, 0.25) is 0 Å². The van der Waals surface area contributed by atoms with Crippen LogP contribution in [-0.4, -0.2) is 27.4 Å². The van der Waals surface area contributed by atoms with Gasteiger partial charge in [-0.25, -0.2) is 9.78 Å². The molecule has 1 aromatic carbocycles. The van der Waals surface area contributed by atoms with Gasteiger partial charge in [-0.1, -0.05) is 6.07 Å². The normalized spacial score (nSPS) is 17.6. The van der Waals surface area contributed by atoms with Gasteiger partial charge in [0.1, 0.15) is 0 Å². The number of carbonyl (C=O) groups excluding carboxylic acids is 1. The number of benzene rings is 1. The standard InChI is InChI=1S/C19H20N4OS/c1-13-21-16-9-8-14(12-18(16)25-13)22-19(24)23-11-5-3-7-17(23)15-6-2-4-10-20-15/h2,4,6,8-10,12,17H,3,5,7,11H2,1H3,(H,22,24)/t17-/m1/s1. The minimum Gasteiger partial charge on any atom is -0.316 e. The van der Waals surface area contributed by atoms with Gasteiger partial charge in [-0.05, 0) is 56.5 Å². The second-order valence-corrected chi connectivity index (χ2v) is 7.54. The van der Waals surface area contributed by atoms with E-state index < -0.39 is 0 Å². The molecule has 1 aliphatic rings. The maximum Gasteiger partial charge on any atom is 0.322 e. The molecule has 6 heteroatoms. The largest absolute Gasteiger partial charge is 0.322 e. The summed E-state index contributed by atoms with van der Waals surface area (Å²) in [7, 11) is 0. The van der Waals surface area contributed by atoms with Gasteiger partial charge < -0.3 is 10.2 Å². The minimum absolute atomic E-state index is 0.0457. The molecule has 2 aromatic heterocycles. The number of pyridine rings is 1. The number of thiazole rings is 1. The molecular formula is C19H20N4OS. The van der Waals surface area contributed by atoms with E-state index in [9.17, 15) is 4.79 Å². The van der Waals surface area contributed by atoms with Crippen molar-refractivity contribution in [2.75, 3.05) is 11.9 Å². The van der Waals surface area contributed by atoms with E-state index in [4.69, 9.17) is 0 Å². The highest BCUT2D eigenvalue weighted by Gasteiger charge is 2.28. The SMILES string of the molecule is Cc1nc2ccc(NC(=O)N3CCCC[C@@H]3c3ccccn3)cc2s1. The van der Waals surface area contributed by atoms with Gasteiger partial charge in [0, 0.05) is 18.4 Å². The number of likely N-dealkylation sites (tertiary alicyclic amines) is 1. The summed E-state index contributed by atoms with van der Waals surface area (Å²) in [6.07, 6.45) is 4.90. The number of aromatic nitrogens is 2. The average molecular weight is 352 g/mol. The summed E-state index contributed by atoms with van der Waals surface area (Å²) < 4.78 is 1.09. The number of hydrogen-bond donors (Lipinski definition) is 1. The third kappa shape index (κ3) is 3.35. The topological polar surface area (TPSA) is 58.1 Å². The molecule has 25 heavy (non-hydrogen) atoms. The summed E-state index contributed by atoms with van der Waals surface area (Å²) in [5, 5.41) is 4.08. The Bertz CT molecular complexity index is 893. The van der Waals surface area contributed by atoms with Crippen LogP contribution in [0, 0.1) is 6.92 Å². The Hall–Kier alpha value is -2.47. The van der Waals surface area contributed by atoms with Crippen molar-refractivity contribution < 1.29 is 4.79 Å². The quantitative estimate of drug-likeness (QED) is 0.723. The molecule has 128 valence electrons. The minimum atomic E-state index is -0.0593. The predicted octanol–water partition coefficient (Wildman–Crippen LogP) is 4.76. The molecule has 4 rings (SSSR count). The Balaban J connectivity index is 1.55. The molecule has 1 saturated heterocycles.